The van der Waals surface area contributed by atoms with Crippen molar-refractivity contribution >= 4 is 55.7 Å². The van der Waals surface area contributed by atoms with Gasteiger partial charge in [0.1, 0.15) is 9.84 Å². The van der Waals surface area contributed by atoms with E-state index in [4.69, 9.17) is 0 Å². The van der Waals surface area contributed by atoms with Crippen LogP contribution in [0.4, 0.5) is 0 Å². The molecule has 0 bridgehead atoms. The Balaban J connectivity index is 0.00000288. The van der Waals surface area contributed by atoms with Crippen molar-refractivity contribution in [3.05, 3.63) is 34.3 Å². The molecule has 24 heavy (non-hydrogen) atoms. The van der Waals surface area contributed by atoms with Crippen LogP contribution in [0.3, 0.4) is 0 Å². The number of nitrogens with zero attached hydrogens (tertiary/aromatic N) is 1. The van der Waals surface area contributed by atoms with Crippen LogP contribution < -0.4 is 10.6 Å². The van der Waals surface area contributed by atoms with Gasteiger partial charge in [0.25, 0.3) is 0 Å². The first kappa shape index (κ1) is 21.7. The van der Waals surface area contributed by atoms with E-state index in [0.717, 1.165) is 23.9 Å². The van der Waals surface area contributed by atoms with Gasteiger partial charge in [-0.3, -0.25) is 4.99 Å². The molecule has 1 aliphatic rings. The van der Waals surface area contributed by atoms with E-state index >= 15 is 0 Å². The highest BCUT2D eigenvalue weighted by atomic mass is 127. The van der Waals surface area contributed by atoms with Crippen LogP contribution in [0.25, 0.3) is 0 Å². The zero-order valence-corrected chi connectivity index (χ0v) is 18.7. The van der Waals surface area contributed by atoms with Crippen LogP contribution in [0.5, 0.6) is 0 Å². The van der Waals surface area contributed by atoms with Crippen molar-refractivity contribution in [3.63, 3.8) is 0 Å². The average molecular weight is 530 g/mol. The third-order valence-corrected chi connectivity index (χ3v) is 5.59. The van der Waals surface area contributed by atoms with Crippen molar-refractivity contribution in [1.29, 1.82) is 0 Å². The van der Waals surface area contributed by atoms with Gasteiger partial charge in [0, 0.05) is 29.2 Å². The van der Waals surface area contributed by atoms with Crippen LogP contribution in [-0.4, -0.2) is 46.0 Å². The summed E-state index contributed by atoms with van der Waals surface area (Å²) in [6.07, 6.45) is 3.49. The molecule has 136 valence electrons. The summed E-state index contributed by atoms with van der Waals surface area (Å²) < 4.78 is 23.6. The van der Waals surface area contributed by atoms with Gasteiger partial charge in [0.15, 0.2) is 5.96 Å². The minimum Gasteiger partial charge on any atom is -0.357 e. The van der Waals surface area contributed by atoms with Gasteiger partial charge in [0.05, 0.1) is 12.3 Å². The number of aliphatic imine (C=N–C) groups is 1. The van der Waals surface area contributed by atoms with E-state index in [0.29, 0.717) is 19.0 Å². The monoisotopic (exact) mass is 529 g/mol. The van der Waals surface area contributed by atoms with E-state index in [1.54, 1.807) is 0 Å². The van der Waals surface area contributed by atoms with E-state index < -0.39 is 9.84 Å². The molecule has 0 saturated heterocycles. The molecule has 1 saturated carbocycles. The first-order chi connectivity index (χ1) is 10.9. The Kier molecular flexibility index (Phi) is 8.47. The van der Waals surface area contributed by atoms with E-state index in [2.05, 4.69) is 49.8 Å². The standard InChI is InChI=1S/C16H24BrN3O2S.HI/c1-3-18-15(19-10-11-23(2,21)22)20-12-16(8-9-16)13-6-4-5-7-14(13)17;/h4-7H,3,8-12H2,1-2H3,(H2,18,19,20);1H. The Morgan fingerprint density at radius 2 is 1.96 bits per heavy atom. The van der Waals surface area contributed by atoms with Crippen LogP contribution in [0.15, 0.2) is 33.7 Å². The summed E-state index contributed by atoms with van der Waals surface area (Å²) in [6.45, 7) is 3.80. The number of halogens is 2. The van der Waals surface area contributed by atoms with Gasteiger partial charge >= 0.3 is 0 Å². The van der Waals surface area contributed by atoms with Crippen molar-refractivity contribution in [2.45, 2.75) is 25.2 Å². The molecule has 1 aromatic carbocycles. The molecule has 0 unspecified atom stereocenters. The van der Waals surface area contributed by atoms with Crippen LogP contribution in [0, 0.1) is 0 Å². The Hall–Kier alpha value is -0.350. The highest BCUT2D eigenvalue weighted by Crippen LogP contribution is 2.50. The zero-order chi connectivity index (χ0) is 16.9. The van der Waals surface area contributed by atoms with Crippen molar-refractivity contribution in [3.8, 4) is 0 Å². The SMILES string of the molecule is CCNC(=NCC1(c2ccccc2Br)CC1)NCCS(C)(=O)=O.I. The maximum atomic E-state index is 11.2. The largest absolute Gasteiger partial charge is 0.357 e. The fraction of sp³-hybridized carbons (Fsp3) is 0.562. The lowest BCUT2D eigenvalue weighted by Gasteiger charge is -2.17. The number of hydrogen-bond acceptors (Lipinski definition) is 3. The van der Waals surface area contributed by atoms with Crippen LogP contribution >= 0.6 is 39.9 Å². The van der Waals surface area contributed by atoms with Crippen molar-refractivity contribution < 1.29 is 8.42 Å². The lowest BCUT2D eigenvalue weighted by molar-refractivity contribution is 0.600. The minimum absolute atomic E-state index is 0. The van der Waals surface area contributed by atoms with Gasteiger partial charge in [-0.2, -0.15) is 0 Å². The maximum absolute atomic E-state index is 11.2. The molecule has 1 aliphatic carbocycles. The molecular weight excluding hydrogens is 505 g/mol. The van der Waals surface area contributed by atoms with E-state index in [-0.39, 0.29) is 35.1 Å². The molecule has 2 N–H and O–H groups in total. The van der Waals surface area contributed by atoms with Gasteiger partial charge < -0.3 is 10.6 Å². The summed E-state index contributed by atoms with van der Waals surface area (Å²) in [6, 6.07) is 8.29. The first-order valence-corrected chi connectivity index (χ1v) is 10.7. The van der Waals surface area contributed by atoms with Crippen molar-refractivity contribution in [2.75, 3.05) is 31.6 Å². The molecule has 8 heteroatoms. The number of benzene rings is 1. The Labute approximate surface area is 170 Å². The summed E-state index contributed by atoms with van der Waals surface area (Å²) in [5.74, 6) is 0.779. The molecule has 0 aromatic heterocycles. The topological polar surface area (TPSA) is 70.6 Å². The molecule has 0 spiro atoms. The molecule has 5 nitrogen and oxygen atoms in total. The fourth-order valence-electron chi connectivity index (χ4n) is 2.48. The van der Waals surface area contributed by atoms with Crippen molar-refractivity contribution in [2.24, 2.45) is 4.99 Å². The molecule has 0 amide bonds. The molecule has 2 rings (SSSR count). The highest BCUT2D eigenvalue weighted by molar-refractivity contribution is 14.0. The summed E-state index contributed by atoms with van der Waals surface area (Å²) in [5, 5.41) is 6.26. The maximum Gasteiger partial charge on any atom is 0.191 e. The average Bonchev–Trinajstić information content (AvgIpc) is 3.25. The number of nitrogens with one attached hydrogen (secondary N) is 2. The molecular formula is C16H25BrIN3O2S. The summed E-state index contributed by atoms with van der Waals surface area (Å²) in [4.78, 5) is 4.66. The van der Waals surface area contributed by atoms with Gasteiger partial charge in [-0.05, 0) is 31.4 Å². The molecule has 0 aliphatic heterocycles. The van der Waals surface area contributed by atoms with E-state index in [9.17, 15) is 8.42 Å². The number of rotatable bonds is 7. The van der Waals surface area contributed by atoms with Gasteiger partial charge in [-0.15, -0.1) is 24.0 Å². The number of hydrogen-bond donors (Lipinski definition) is 2. The Morgan fingerprint density at radius 1 is 1.29 bits per heavy atom. The molecule has 1 aromatic rings. The molecule has 0 heterocycles. The molecule has 1 fully saturated rings. The lowest BCUT2D eigenvalue weighted by Crippen LogP contribution is -2.40. The van der Waals surface area contributed by atoms with Crippen molar-refractivity contribution in [1.82, 2.24) is 10.6 Å². The van der Waals surface area contributed by atoms with Gasteiger partial charge in [-0.1, -0.05) is 34.1 Å². The van der Waals surface area contributed by atoms with Gasteiger partial charge in [0.2, 0.25) is 0 Å². The second-order valence-corrected chi connectivity index (χ2v) is 9.13. The normalized spacial score (nSPS) is 16.2. The summed E-state index contributed by atoms with van der Waals surface area (Å²) in [7, 11) is -2.97. The third-order valence-electron chi connectivity index (χ3n) is 3.95. The van der Waals surface area contributed by atoms with Gasteiger partial charge in [-0.25, -0.2) is 8.42 Å². The smallest absolute Gasteiger partial charge is 0.191 e. The first-order valence-electron chi connectivity index (χ1n) is 7.81. The number of sulfone groups is 1. The second-order valence-electron chi connectivity index (χ2n) is 6.01. The quantitative estimate of drug-likeness (QED) is 0.324. The van der Waals surface area contributed by atoms with Crippen LogP contribution in [0.2, 0.25) is 0 Å². The fourth-order valence-corrected chi connectivity index (χ4v) is 3.66. The predicted octanol–water partition coefficient (Wildman–Crippen LogP) is 2.70. The number of guanidine groups is 1. The van der Waals surface area contributed by atoms with Crippen LogP contribution in [0.1, 0.15) is 25.3 Å². The summed E-state index contributed by atoms with van der Waals surface area (Å²) in [5.41, 5.74) is 1.41. The second kappa shape index (κ2) is 9.38. The predicted molar refractivity (Wildman–Crippen MR) is 114 cm³/mol. The minimum atomic E-state index is -2.97. The Morgan fingerprint density at radius 3 is 2.50 bits per heavy atom. The Bertz CT molecular complexity index is 676. The lowest BCUT2D eigenvalue weighted by atomic mass is 9.96. The molecule has 0 radical (unpaired) electrons. The third kappa shape index (κ3) is 6.51. The highest BCUT2D eigenvalue weighted by Gasteiger charge is 2.45. The van der Waals surface area contributed by atoms with Crippen LogP contribution in [-0.2, 0) is 15.3 Å². The van der Waals surface area contributed by atoms with E-state index in [1.165, 1.54) is 11.8 Å². The summed E-state index contributed by atoms with van der Waals surface area (Å²) >= 11 is 3.63. The zero-order valence-electron chi connectivity index (χ0n) is 14.0. The molecule has 0 atom stereocenters. The van der Waals surface area contributed by atoms with E-state index in [1.807, 2.05) is 13.0 Å².